The van der Waals surface area contributed by atoms with Gasteiger partial charge in [0, 0.05) is 23.6 Å². The lowest BCUT2D eigenvalue weighted by atomic mass is 9.94. The zero-order valence-electron chi connectivity index (χ0n) is 19.0. The highest BCUT2D eigenvalue weighted by Gasteiger charge is 2.39. The van der Waals surface area contributed by atoms with Crippen LogP contribution in [0.5, 0.6) is 0 Å². The first-order chi connectivity index (χ1) is 17.7. The minimum atomic E-state index is -4.72. The highest BCUT2D eigenvalue weighted by atomic mass is 32.1. The van der Waals surface area contributed by atoms with Crippen molar-refractivity contribution in [3.63, 3.8) is 0 Å². The van der Waals surface area contributed by atoms with Gasteiger partial charge < -0.3 is 16.5 Å². The lowest BCUT2D eigenvalue weighted by Crippen LogP contribution is -2.38. The third kappa shape index (κ3) is 5.19. The smallest absolute Gasteiger partial charge is 0.352 e. The molecule has 7 nitrogen and oxygen atoms in total. The predicted octanol–water partition coefficient (Wildman–Crippen LogP) is 5.07. The first kappa shape index (κ1) is 24.9. The van der Waals surface area contributed by atoms with Gasteiger partial charge in [-0.1, -0.05) is 24.3 Å². The number of thiophene rings is 1. The van der Waals surface area contributed by atoms with E-state index < -0.39 is 23.9 Å². The average molecular weight is 534 g/mol. The predicted molar refractivity (Wildman–Crippen MR) is 132 cm³/mol. The van der Waals surface area contributed by atoms with Gasteiger partial charge in [-0.2, -0.15) is 13.2 Å². The van der Waals surface area contributed by atoms with E-state index in [4.69, 9.17) is 5.73 Å². The standard InChI is InChI=1S/C24H20F5N7S/c25-14-4-5-16(22(30)24(27,28)29)17(11-14)15-3-1-2-13-10-19(37-21(13)15)20-18(26)12-32-23(34-20)31-6-8-36-9-7-33-35-36/h1-5,7,9-12,22,33,35H,6,8,30H2,(H,31,32,34)/t22-/m1/s1. The summed E-state index contributed by atoms with van der Waals surface area (Å²) in [6.07, 6.45) is -0.129. The Bertz CT molecular complexity index is 1470. The number of aromatic nitrogens is 2. The van der Waals surface area contributed by atoms with Crippen LogP contribution in [0, 0.1) is 11.6 Å². The van der Waals surface area contributed by atoms with Crippen LogP contribution in [0.4, 0.5) is 27.9 Å². The van der Waals surface area contributed by atoms with E-state index in [1.807, 2.05) is 0 Å². The Balaban J connectivity index is 1.51. The molecular formula is C24H20F5N7S. The third-order valence-corrected chi connectivity index (χ3v) is 6.89. The highest BCUT2D eigenvalue weighted by Crippen LogP contribution is 2.43. The Morgan fingerprint density at radius 3 is 2.70 bits per heavy atom. The summed E-state index contributed by atoms with van der Waals surface area (Å²) in [5, 5.41) is 5.46. The molecule has 5 N–H and O–H groups in total. The molecule has 5 rings (SSSR count). The van der Waals surface area contributed by atoms with Crippen molar-refractivity contribution < 1.29 is 22.0 Å². The average Bonchev–Trinajstić information content (AvgIpc) is 3.54. The van der Waals surface area contributed by atoms with Gasteiger partial charge in [0.1, 0.15) is 17.6 Å². The Kier molecular flexibility index (Phi) is 6.67. The molecule has 0 unspecified atom stereocenters. The normalized spacial score (nSPS) is 14.3. The molecule has 1 aliphatic heterocycles. The molecule has 0 saturated carbocycles. The lowest BCUT2D eigenvalue weighted by Gasteiger charge is -2.20. The number of anilines is 1. The fraction of sp³-hybridized carbons (Fsp3) is 0.167. The fourth-order valence-electron chi connectivity index (χ4n) is 3.93. The van der Waals surface area contributed by atoms with Crippen LogP contribution in [0.3, 0.4) is 0 Å². The number of hydrazine groups is 2. The first-order valence-corrected chi connectivity index (χ1v) is 11.9. The molecule has 2 aromatic carbocycles. The van der Waals surface area contributed by atoms with Gasteiger partial charge in [-0.15, -0.1) is 16.9 Å². The van der Waals surface area contributed by atoms with Crippen LogP contribution in [0.15, 0.2) is 61.1 Å². The summed E-state index contributed by atoms with van der Waals surface area (Å²) < 4.78 is 69.8. The van der Waals surface area contributed by atoms with Crippen molar-refractivity contribution in [2.45, 2.75) is 12.2 Å². The number of fused-ring (bicyclic) bond motifs is 1. The Morgan fingerprint density at radius 1 is 1.11 bits per heavy atom. The van der Waals surface area contributed by atoms with E-state index in [2.05, 4.69) is 26.2 Å². The molecule has 2 aromatic heterocycles. The molecule has 1 atom stereocenters. The van der Waals surface area contributed by atoms with Crippen LogP contribution < -0.4 is 22.0 Å². The zero-order valence-corrected chi connectivity index (χ0v) is 19.8. The van der Waals surface area contributed by atoms with Crippen molar-refractivity contribution in [2.24, 2.45) is 5.73 Å². The van der Waals surface area contributed by atoms with E-state index in [0.29, 0.717) is 33.6 Å². The van der Waals surface area contributed by atoms with Gasteiger partial charge >= 0.3 is 6.18 Å². The Labute approximate surface area is 211 Å². The number of alkyl halides is 3. The van der Waals surface area contributed by atoms with Crippen molar-refractivity contribution in [3.8, 4) is 21.7 Å². The molecule has 0 bridgehead atoms. The van der Waals surface area contributed by atoms with Crippen molar-refractivity contribution in [1.82, 2.24) is 25.9 Å². The minimum Gasteiger partial charge on any atom is -0.352 e. The first-order valence-electron chi connectivity index (χ1n) is 11.1. The van der Waals surface area contributed by atoms with Crippen molar-refractivity contribution in [3.05, 3.63) is 78.3 Å². The van der Waals surface area contributed by atoms with E-state index in [9.17, 15) is 22.0 Å². The molecule has 37 heavy (non-hydrogen) atoms. The second kappa shape index (κ2) is 9.92. The van der Waals surface area contributed by atoms with Crippen LogP contribution in [-0.4, -0.2) is 34.2 Å². The van der Waals surface area contributed by atoms with Gasteiger partial charge in [-0.3, -0.25) is 5.01 Å². The van der Waals surface area contributed by atoms with Crippen molar-refractivity contribution >= 4 is 27.4 Å². The van der Waals surface area contributed by atoms with Gasteiger partial charge in [0.25, 0.3) is 0 Å². The molecule has 1 aliphatic rings. The van der Waals surface area contributed by atoms with Gasteiger partial charge in [0.2, 0.25) is 5.95 Å². The SMILES string of the molecule is N[C@H](c1ccc(F)cc1-c1cccc2cc(-c3nc(NCCN4C=CNN4)ncc3F)sc12)C(F)(F)F. The molecule has 0 fully saturated rings. The van der Waals surface area contributed by atoms with E-state index in [1.165, 1.54) is 0 Å². The van der Waals surface area contributed by atoms with E-state index >= 15 is 0 Å². The minimum absolute atomic E-state index is 0.0217. The second-order valence-electron chi connectivity index (χ2n) is 8.17. The quantitative estimate of drug-likeness (QED) is 0.247. The summed E-state index contributed by atoms with van der Waals surface area (Å²) in [7, 11) is 0. The maximum atomic E-state index is 14.8. The van der Waals surface area contributed by atoms with Crippen LogP contribution in [-0.2, 0) is 0 Å². The molecule has 0 amide bonds. The highest BCUT2D eigenvalue weighted by molar-refractivity contribution is 7.22. The molecule has 0 radical (unpaired) electrons. The van der Waals surface area contributed by atoms with Gasteiger partial charge in [-0.25, -0.2) is 18.7 Å². The summed E-state index contributed by atoms with van der Waals surface area (Å²) in [6, 6.07) is 7.37. The zero-order chi connectivity index (χ0) is 26.2. The van der Waals surface area contributed by atoms with Crippen LogP contribution in [0.1, 0.15) is 11.6 Å². The van der Waals surface area contributed by atoms with Gasteiger partial charge in [-0.05, 0) is 40.3 Å². The monoisotopic (exact) mass is 533 g/mol. The molecular weight excluding hydrogens is 513 g/mol. The topological polar surface area (TPSA) is 91.1 Å². The number of nitrogens with zero attached hydrogens (tertiary/aromatic N) is 3. The molecule has 0 spiro atoms. The number of nitrogens with two attached hydrogens (primary N) is 1. The third-order valence-electron chi connectivity index (χ3n) is 5.70. The summed E-state index contributed by atoms with van der Waals surface area (Å²) in [5.74, 6) is -1.14. The largest absolute Gasteiger partial charge is 0.407 e. The molecule has 3 heterocycles. The lowest BCUT2D eigenvalue weighted by molar-refractivity contribution is -0.149. The fourth-order valence-corrected chi connectivity index (χ4v) is 5.11. The molecule has 192 valence electrons. The Morgan fingerprint density at radius 2 is 1.95 bits per heavy atom. The number of rotatable bonds is 7. The van der Waals surface area contributed by atoms with Crippen molar-refractivity contribution in [1.29, 1.82) is 0 Å². The number of hydrogen-bond donors (Lipinski definition) is 4. The summed E-state index contributed by atoms with van der Waals surface area (Å²) in [5.41, 5.74) is 11.3. The number of hydrogen-bond acceptors (Lipinski definition) is 8. The molecule has 4 aromatic rings. The summed E-state index contributed by atoms with van der Waals surface area (Å²) in [4.78, 5) is 8.73. The summed E-state index contributed by atoms with van der Waals surface area (Å²) in [6.45, 7) is 1.03. The molecule has 0 aliphatic carbocycles. The number of benzene rings is 2. The maximum Gasteiger partial charge on any atom is 0.407 e. The van der Waals surface area contributed by atoms with Crippen LogP contribution in [0.2, 0.25) is 0 Å². The van der Waals surface area contributed by atoms with Gasteiger partial charge in [0.15, 0.2) is 5.82 Å². The second-order valence-corrected chi connectivity index (χ2v) is 9.22. The van der Waals surface area contributed by atoms with E-state index in [1.54, 1.807) is 41.7 Å². The molecule has 13 heteroatoms. The number of halogens is 5. The van der Waals surface area contributed by atoms with E-state index in [-0.39, 0.29) is 22.8 Å². The van der Waals surface area contributed by atoms with Crippen LogP contribution in [0.25, 0.3) is 31.8 Å². The molecule has 0 saturated heterocycles. The number of nitrogens with one attached hydrogen (secondary N) is 3. The maximum absolute atomic E-state index is 14.8. The van der Waals surface area contributed by atoms with Gasteiger partial charge in [0.05, 0.1) is 17.6 Å². The van der Waals surface area contributed by atoms with Crippen LogP contribution >= 0.6 is 11.3 Å². The summed E-state index contributed by atoms with van der Waals surface area (Å²) >= 11 is 1.13. The Hall–Kier alpha value is -3.81. The van der Waals surface area contributed by atoms with Crippen molar-refractivity contribution in [2.75, 3.05) is 18.4 Å². The van der Waals surface area contributed by atoms with E-state index in [0.717, 1.165) is 35.7 Å².